The van der Waals surface area contributed by atoms with Crippen molar-refractivity contribution in [3.05, 3.63) is 83.4 Å². The second kappa shape index (κ2) is 10.6. The molecule has 0 aromatic rings. The summed E-state index contributed by atoms with van der Waals surface area (Å²) >= 11 is 0. The van der Waals surface area contributed by atoms with E-state index in [1.54, 1.807) is 0 Å². The van der Waals surface area contributed by atoms with E-state index in [0.717, 1.165) is 55.0 Å². The van der Waals surface area contributed by atoms with Crippen LogP contribution < -0.4 is 0 Å². The molecule has 0 spiro atoms. The highest BCUT2D eigenvalue weighted by Crippen LogP contribution is 2.31. The zero-order chi connectivity index (χ0) is 20.5. The Hall–Kier alpha value is -2.68. The number of hydrogen-bond donors (Lipinski definition) is 0. The Labute approximate surface area is 170 Å². The van der Waals surface area contributed by atoms with Gasteiger partial charge in [-0.2, -0.15) is 0 Å². The molecule has 0 N–H and O–H groups in total. The lowest BCUT2D eigenvalue weighted by Gasteiger charge is -2.21. The molecule has 0 radical (unpaired) electrons. The predicted octanol–water partition coefficient (Wildman–Crippen LogP) is 6.67. The van der Waals surface area contributed by atoms with E-state index in [2.05, 4.69) is 62.0 Å². The monoisotopic (exact) mass is 375 g/mol. The lowest BCUT2D eigenvalue weighted by atomic mass is 10.00. The zero-order valence-corrected chi connectivity index (χ0v) is 17.8. The summed E-state index contributed by atoms with van der Waals surface area (Å²) in [4.78, 5) is 11.6. The Morgan fingerprint density at radius 3 is 2.68 bits per heavy atom. The summed E-state index contributed by atoms with van der Waals surface area (Å²) in [6.07, 6.45) is 18.7. The summed E-state index contributed by atoms with van der Waals surface area (Å²) in [5, 5.41) is 0. The molecule has 28 heavy (non-hydrogen) atoms. The van der Waals surface area contributed by atoms with Gasteiger partial charge in [0.25, 0.3) is 0 Å². The second-order valence-electron chi connectivity index (χ2n) is 7.47. The number of likely N-dealkylation sites (tertiary alicyclic amines) is 1. The molecule has 3 heteroatoms. The minimum atomic E-state index is 0.805. The number of aliphatic imine (C=N–C) groups is 2. The van der Waals surface area contributed by atoms with Crippen LogP contribution in [-0.2, 0) is 0 Å². The Morgan fingerprint density at radius 2 is 2.00 bits per heavy atom. The van der Waals surface area contributed by atoms with Crippen LogP contribution >= 0.6 is 0 Å². The first kappa shape index (κ1) is 21.6. The molecule has 2 heterocycles. The van der Waals surface area contributed by atoms with Crippen LogP contribution in [0.5, 0.6) is 0 Å². The van der Waals surface area contributed by atoms with Crippen LogP contribution in [0.1, 0.15) is 53.4 Å². The highest BCUT2D eigenvalue weighted by molar-refractivity contribution is 6.03. The van der Waals surface area contributed by atoms with Crippen molar-refractivity contribution in [3.63, 3.8) is 0 Å². The first-order valence-electron chi connectivity index (χ1n) is 10.0. The van der Waals surface area contributed by atoms with Crippen LogP contribution in [0.4, 0.5) is 0 Å². The van der Waals surface area contributed by atoms with Crippen molar-refractivity contribution in [3.8, 4) is 0 Å². The average Bonchev–Trinajstić information content (AvgIpc) is 3.08. The number of hydrogen-bond acceptors (Lipinski definition) is 2. The maximum Gasteiger partial charge on any atom is 0.136 e. The van der Waals surface area contributed by atoms with E-state index in [1.165, 1.54) is 16.7 Å². The Kier molecular flexibility index (Phi) is 8.19. The van der Waals surface area contributed by atoms with Gasteiger partial charge in [0.1, 0.15) is 5.84 Å². The van der Waals surface area contributed by atoms with Gasteiger partial charge in [-0.3, -0.25) is 4.99 Å². The fraction of sp³-hybridized carbons (Fsp3) is 0.360. The van der Waals surface area contributed by atoms with Gasteiger partial charge < -0.3 is 4.90 Å². The third kappa shape index (κ3) is 5.91. The number of rotatable bonds is 5. The third-order valence-corrected chi connectivity index (χ3v) is 4.65. The van der Waals surface area contributed by atoms with Gasteiger partial charge >= 0.3 is 0 Å². The van der Waals surface area contributed by atoms with Crippen LogP contribution in [0.2, 0.25) is 0 Å². The maximum absolute atomic E-state index is 4.82. The molecule has 0 amide bonds. The SMILES string of the molecule is C=C/C=C(\C=C(C)C)N1CCC(=C(C)/C2=C/N=C/CCC\C=C\2)\C1=N/C(=C)C. The van der Waals surface area contributed by atoms with E-state index >= 15 is 0 Å². The number of nitrogens with zero attached hydrogens (tertiary/aromatic N) is 3. The first-order valence-corrected chi connectivity index (χ1v) is 10.0. The zero-order valence-electron chi connectivity index (χ0n) is 17.8. The third-order valence-electron chi connectivity index (χ3n) is 4.65. The van der Waals surface area contributed by atoms with Crippen molar-refractivity contribution in [1.29, 1.82) is 0 Å². The second-order valence-corrected chi connectivity index (χ2v) is 7.47. The fourth-order valence-electron chi connectivity index (χ4n) is 3.34. The molecule has 2 rings (SSSR count). The van der Waals surface area contributed by atoms with E-state index in [9.17, 15) is 0 Å². The smallest absolute Gasteiger partial charge is 0.136 e. The molecular weight excluding hydrogens is 342 g/mol. The fourth-order valence-corrected chi connectivity index (χ4v) is 3.34. The predicted molar refractivity (Wildman–Crippen MR) is 124 cm³/mol. The standard InChI is InChI=1S/C25H33N3/c1-7-12-23(17-19(2)3)28-16-14-24(25(28)27-20(4)5)21(6)22-13-10-8-9-11-15-26-18-22/h7,10,12-13,15,17-18H,1,4,8-9,11,14,16H2,2-3,5-6H3/b13-10+,22-18+,23-12+,24-21+,26-15+,27-25+. The van der Waals surface area contributed by atoms with E-state index in [-0.39, 0.29) is 0 Å². The summed E-state index contributed by atoms with van der Waals surface area (Å²) in [5.74, 6) is 0.980. The molecule has 1 fully saturated rings. The van der Waals surface area contributed by atoms with Gasteiger partial charge in [0, 0.05) is 35.9 Å². The largest absolute Gasteiger partial charge is 0.326 e. The average molecular weight is 376 g/mol. The molecule has 3 nitrogen and oxygen atoms in total. The lowest BCUT2D eigenvalue weighted by molar-refractivity contribution is 0.571. The molecule has 1 saturated heterocycles. The first-order chi connectivity index (χ1) is 13.4. The van der Waals surface area contributed by atoms with Crippen LogP contribution in [0.25, 0.3) is 0 Å². The van der Waals surface area contributed by atoms with Crippen molar-refractivity contribution in [2.45, 2.75) is 53.4 Å². The van der Waals surface area contributed by atoms with E-state index in [4.69, 9.17) is 4.99 Å². The van der Waals surface area contributed by atoms with Crippen molar-refractivity contribution in [1.82, 2.24) is 4.90 Å². The van der Waals surface area contributed by atoms with E-state index in [1.807, 2.05) is 31.5 Å². The Morgan fingerprint density at radius 1 is 1.21 bits per heavy atom. The number of allylic oxidation sites excluding steroid dienone is 9. The highest BCUT2D eigenvalue weighted by Gasteiger charge is 2.28. The molecular formula is C25H33N3. The molecule has 0 unspecified atom stereocenters. The molecule has 0 bridgehead atoms. The van der Waals surface area contributed by atoms with Crippen LogP contribution in [0.15, 0.2) is 93.4 Å². The van der Waals surface area contributed by atoms with Crippen LogP contribution in [-0.4, -0.2) is 23.5 Å². The molecule has 0 aromatic carbocycles. The normalized spacial score (nSPS) is 25.1. The van der Waals surface area contributed by atoms with Gasteiger partial charge in [-0.05, 0) is 76.7 Å². The van der Waals surface area contributed by atoms with Crippen molar-refractivity contribution >= 4 is 12.1 Å². The van der Waals surface area contributed by atoms with Crippen LogP contribution in [0, 0.1) is 0 Å². The molecule has 0 atom stereocenters. The van der Waals surface area contributed by atoms with Gasteiger partial charge in [0.05, 0.1) is 0 Å². The summed E-state index contributed by atoms with van der Waals surface area (Å²) < 4.78 is 0. The molecule has 2 aliphatic heterocycles. The lowest BCUT2D eigenvalue weighted by Crippen LogP contribution is -2.24. The summed E-state index contributed by atoms with van der Waals surface area (Å²) in [6, 6.07) is 0. The molecule has 0 saturated carbocycles. The van der Waals surface area contributed by atoms with Gasteiger partial charge in [-0.1, -0.05) is 37.0 Å². The quantitative estimate of drug-likeness (QED) is 0.493. The maximum atomic E-state index is 4.82. The number of amidine groups is 1. The van der Waals surface area contributed by atoms with Crippen molar-refractivity contribution in [2.24, 2.45) is 9.98 Å². The van der Waals surface area contributed by atoms with Crippen molar-refractivity contribution < 1.29 is 0 Å². The molecule has 2 aliphatic rings. The van der Waals surface area contributed by atoms with Crippen molar-refractivity contribution in [2.75, 3.05) is 6.54 Å². The summed E-state index contributed by atoms with van der Waals surface area (Å²) in [6.45, 7) is 17.1. The minimum absolute atomic E-state index is 0.805. The van der Waals surface area contributed by atoms with Gasteiger partial charge in [-0.15, -0.1) is 0 Å². The molecule has 0 aromatic heterocycles. The van der Waals surface area contributed by atoms with Gasteiger partial charge in [0.15, 0.2) is 0 Å². The Balaban J connectivity index is 2.54. The molecule has 0 aliphatic carbocycles. The van der Waals surface area contributed by atoms with Gasteiger partial charge in [-0.25, -0.2) is 4.99 Å². The Bertz CT molecular complexity index is 822. The van der Waals surface area contributed by atoms with E-state index in [0.29, 0.717) is 0 Å². The summed E-state index contributed by atoms with van der Waals surface area (Å²) in [7, 11) is 0. The van der Waals surface area contributed by atoms with Crippen LogP contribution in [0.3, 0.4) is 0 Å². The highest BCUT2D eigenvalue weighted by atomic mass is 15.2. The molecule has 148 valence electrons. The topological polar surface area (TPSA) is 28.0 Å². The summed E-state index contributed by atoms with van der Waals surface area (Å²) in [5.41, 5.74) is 6.79. The minimum Gasteiger partial charge on any atom is -0.326 e. The van der Waals surface area contributed by atoms with Gasteiger partial charge in [0.2, 0.25) is 0 Å². The van der Waals surface area contributed by atoms with E-state index < -0.39 is 0 Å².